The number of nitrogens with zero attached hydrogens (tertiary/aromatic N) is 1. The Bertz CT molecular complexity index is 369. The molecule has 0 saturated carbocycles. The van der Waals surface area contributed by atoms with Gasteiger partial charge >= 0.3 is 0 Å². The normalized spacial score (nSPS) is 23.9. The van der Waals surface area contributed by atoms with E-state index in [0.29, 0.717) is 5.92 Å². The number of hydrogen-bond acceptors (Lipinski definition) is 3. The van der Waals surface area contributed by atoms with Crippen LogP contribution in [-0.4, -0.2) is 49.0 Å². The van der Waals surface area contributed by atoms with Gasteiger partial charge in [-0.15, -0.1) is 0 Å². The zero-order valence-electron chi connectivity index (χ0n) is 12.5. The Hall–Kier alpha value is -0.900. The summed E-state index contributed by atoms with van der Waals surface area (Å²) in [6, 6.07) is 10.5. The van der Waals surface area contributed by atoms with Crippen LogP contribution in [-0.2, 0) is 11.2 Å². The second kappa shape index (κ2) is 8.40. The van der Waals surface area contributed by atoms with Crippen molar-refractivity contribution < 1.29 is 9.84 Å². The minimum Gasteiger partial charge on any atom is -0.392 e. The third-order valence-corrected chi connectivity index (χ3v) is 4.14. The highest BCUT2D eigenvalue weighted by atomic mass is 16.5. The second-order valence-electron chi connectivity index (χ2n) is 5.84. The molecule has 2 atom stereocenters. The van der Waals surface area contributed by atoms with Gasteiger partial charge in [0.15, 0.2) is 0 Å². The summed E-state index contributed by atoms with van der Waals surface area (Å²) in [5.41, 5.74) is 1.33. The van der Waals surface area contributed by atoms with Crippen LogP contribution in [0.15, 0.2) is 30.3 Å². The van der Waals surface area contributed by atoms with E-state index in [2.05, 4.69) is 36.1 Å². The van der Waals surface area contributed by atoms with Crippen molar-refractivity contribution >= 4 is 0 Å². The second-order valence-corrected chi connectivity index (χ2v) is 5.84. The summed E-state index contributed by atoms with van der Waals surface area (Å²) in [5.74, 6) is 0.452. The summed E-state index contributed by atoms with van der Waals surface area (Å²) in [6.07, 6.45) is 3.00. The first-order valence-corrected chi connectivity index (χ1v) is 7.78. The van der Waals surface area contributed by atoms with E-state index in [0.717, 1.165) is 52.1 Å². The Morgan fingerprint density at radius 3 is 2.80 bits per heavy atom. The molecule has 0 radical (unpaired) electrons. The van der Waals surface area contributed by atoms with Crippen molar-refractivity contribution in [3.8, 4) is 0 Å². The van der Waals surface area contributed by atoms with Gasteiger partial charge < -0.3 is 14.7 Å². The van der Waals surface area contributed by atoms with E-state index in [9.17, 15) is 5.11 Å². The Balaban J connectivity index is 1.50. The number of ether oxygens (including phenoxy) is 1. The van der Waals surface area contributed by atoms with E-state index < -0.39 is 0 Å². The van der Waals surface area contributed by atoms with E-state index in [1.165, 1.54) is 5.56 Å². The lowest BCUT2D eigenvalue weighted by Crippen LogP contribution is -2.43. The number of benzene rings is 1. The summed E-state index contributed by atoms with van der Waals surface area (Å²) in [7, 11) is 0. The van der Waals surface area contributed by atoms with Crippen molar-refractivity contribution in [2.45, 2.75) is 32.3 Å². The molecule has 1 fully saturated rings. The molecule has 1 aliphatic rings. The summed E-state index contributed by atoms with van der Waals surface area (Å²) in [4.78, 5) is 2.35. The standard InChI is InChI=1S/C17H27NO2/c1-15-8-11-18(14-17(15)19)10-5-12-20-13-9-16-6-3-2-4-7-16/h2-4,6-7,15,17,19H,5,8-14H2,1H3. The predicted octanol–water partition coefficient (Wildman–Crippen LogP) is 2.34. The number of piperidine rings is 1. The Morgan fingerprint density at radius 2 is 2.05 bits per heavy atom. The molecular formula is C17H27NO2. The van der Waals surface area contributed by atoms with Crippen molar-refractivity contribution in [1.29, 1.82) is 0 Å². The van der Waals surface area contributed by atoms with Gasteiger partial charge in [0, 0.05) is 19.7 Å². The molecule has 3 nitrogen and oxygen atoms in total. The zero-order chi connectivity index (χ0) is 14.2. The molecule has 2 rings (SSSR count). The van der Waals surface area contributed by atoms with Crippen molar-refractivity contribution in [1.82, 2.24) is 4.90 Å². The predicted molar refractivity (Wildman–Crippen MR) is 81.8 cm³/mol. The Labute approximate surface area is 122 Å². The lowest BCUT2D eigenvalue weighted by Gasteiger charge is -2.34. The maximum absolute atomic E-state index is 9.84. The van der Waals surface area contributed by atoms with Gasteiger partial charge in [0.2, 0.25) is 0 Å². The molecular weight excluding hydrogens is 250 g/mol. The number of aliphatic hydroxyl groups is 1. The van der Waals surface area contributed by atoms with Crippen molar-refractivity contribution in [3.63, 3.8) is 0 Å². The maximum atomic E-state index is 9.84. The Morgan fingerprint density at radius 1 is 1.25 bits per heavy atom. The van der Waals surface area contributed by atoms with Crippen molar-refractivity contribution in [3.05, 3.63) is 35.9 Å². The van der Waals surface area contributed by atoms with Crippen LogP contribution in [0.5, 0.6) is 0 Å². The van der Waals surface area contributed by atoms with Crippen LogP contribution in [0, 0.1) is 5.92 Å². The summed E-state index contributed by atoms with van der Waals surface area (Å²) in [5, 5.41) is 9.84. The van der Waals surface area contributed by atoms with E-state index >= 15 is 0 Å². The highest BCUT2D eigenvalue weighted by Crippen LogP contribution is 2.16. The minimum atomic E-state index is -0.150. The van der Waals surface area contributed by atoms with Crippen LogP contribution in [0.1, 0.15) is 25.3 Å². The van der Waals surface area contributed by atoms with Crippen molar-refractivity contribution in [2.24, 2.45) is 5.92 Å². The number of β-amino-alcohol motifs (C(OH)–C–C–N with tert-alkyl or cyclic N) is 1. The average molecular weight is 277 g/mol. The molecule has 0 amide bonds. The van der Waals surface area contributed by atoms with Crippen LogP contribution in [0.3, 0.4) is 0 Å². The molecule has 0 spiro atoms. The molecule has 0 aromatic heterocycles. The number of rotatable bonds is 7. The van der Waals surface area contributed by atoms with Gasteiger partial charge in [0.25, 0.3) is 0 Å². The summed E-state index contributed by atoms with van der Waals surface area (Å²) in [6.45, 7) is 6.72. The lowest BCUT2D eigenvalue weighted by molar-refractivity contribution is 0.0245. The summed E-state index contributed by atoms with van der Waals surface area (Å²) < 4.78 is 5.69. The molecule has 20 heavy (non-hydrogen) atoms. The highest BCUT2D eigenvalue weighted by molar-refractivity contribution is 5.14. The SMILES string of the molecule is CC1CCN(CCCOCCc2ccccc2)CC1O. The topological polar surface area (TPSA) is 32.7 Å². The molecule has 1 aromatic carbocycles. The molecule has 2 unspecified atom stereocenters. The van der Waals surface area contributed by atoms with Gasteiger partial charge in [-0.25, -0.2) is 0 Å². The maximum Gasteiger partial charge on any atom is 0.0693 e. The Kier molecular flexibility index (Phi) is 6.51. The van der Waals surface area contributed by atoms with Gasteiger partial charge in [-0.1, -0.05) is 37.3 Å². The summed E-state index contributed by atoms with van der Waals surface area (Å²) >= 11 is 0. The van der Waals surface area contributed by atoms with E-state index in [1.54, 1.807) is 0 Å². The molecule has 0 bridgehead atoms. The minimum absolute atomic E-state index is 0.150. The van der Waals surface area contributed by atoms with Crippen LogP contribution in [0.2, 0.25) is 0 Å². The smallest absolute Gasteiger partial charge is 0.0693 e. The molecule has 112 valence electrons. The number of hydrogen-bond donors (Lipinski definition) is 1. The third kappa shape index (κ3) is 5.23. The molecule has 1 aromatic rings. The first-order valence-electron chi connectivity index (χ1n) is 7.78. The first kappa shape index (κ1) is 15.5. The van der Waals surface area contributed by atoms with E-state index in [1.807, 2.05) is 6.07 Å². The van der Waals surface area contributed by atoms with Gasteiger partial charge in [-0.3, -0.25) is 0 Å². The lowest BCUT2D eigenvalue weighted by atomic mass is 9.96. The molecule has 1 N–H and O–H groups in total. The van der Waals surface area contributed by atoms with Crippen LogP contribution < -0.4 is 0 Å². The van der Waals surface area contributed by atoms with Crippen LogP contribution in [0.25, 0.3) is 0 Å². The first-order chi connectivity index (χ1) is 9.75. The quantitative estimate of drug-likeness (QED) is 0.777. The number of likely N-dealkylation sites (tertiary alicyclic amines) is 1. The third-order valence-electron chi connectivity index (χ3n) is 4.14. The molecule has 1 saturated heterocycles. The van der Waals surface area contributed by atoms with E-state index in [-0.39, 0.29) is 6.10 Å². The van der Waals surface area contributed by atoms with E-state index in [4.69, 9.17) is 4.74 Å². The molecule has 1 aliphatic heterocycles. The fraction of sp³-hybridized carbons (Fsp3) is 0.647. The highest BCUT2D eigenvalue weighted by Gasteiger charge is 2.23. The molecule has 3 heteroatoms. The molecule has 0 aliphatic carbocycles. The zero-order valence-corrected chi connectivity index (χ0v) is 12.5. The number of aliphatic hydroxyl groups excluding tert-OH is 1. The van der Waals surface area contributed by atoms with Gasteiger partial charge in [-0.2, -0.15) is 0 Å². The molecule has 1 heterocycles. The van der Waals surface area contributed by atoms with Crippen LogP contribution in [0.4, 0.5) is 0 Å². The van der Waals surface area contributed by atoms with Gasteiger partial charge in [0.05, 0.1) is 12.7 Å². The largest absolute Gasteiger partial charge is 0.392 e. The van der Waals surface area contributed by atoms with Gasteiger partial charge in [-0.05, 0) is 37.3 Å². The monoisotopic (exact) mass is 277 g/mol. The fourth-order valence-electron chi connectivity index (χ4n) is 2.64. The fourth-order valence-corrected chi connectivity index (χ4v) is 2.64. The van der Waals surface area contributed by atoms with Gasteiger partial charge in [0.1, 0.15) is 0 Å². The van der Waals surface area contributed by atoms with Crippen LogP contribution >= 0.6 is 0 Å². The average Bonchev–Trinajstić information content (AvgIpc) is 2.47. The van der Waals surface area contributed by atoms with Crippen molar-refractivity contribution in [2.75, 3.05) is 32.8 Å².